The molecule has 1 aromatic carbocycles. The van der Waals surface area contributed by atoms with Gasteiger partial charge in [0.2, 0.25) is 5.88 Å². The van der Waals surface area contributed by atoms with Gasteiger partial charge in [-0.1, -0.05) is 12.1 Å². The van der Waals surface area contributed by atoms with Gasteiger partial charge < -0.3 is 9.47 Å². The average Bonchev–Trinajstić information content (AvgIpc) is 3.16. The first-order valence-corrected chi connectivity index (χ1v) is 10.5. The molecule has 2 aromatic heterocycles. The Hall–Kier alpha value is -3.17. The smallest absolute Gasteiger partial charge is 0.224 e. The number of pyridine rings is 1. The second kappa shape index (κ2) is 7.82. The van der Waals surface area contributed by atoms with Crippen LogP contribution in [0.2, 0.25) is 0 Å². The summed E-state index contributed by atoms with van der Waals surface area (Å²) in [6, 6.07) is 13.7. The number of para-hydroxylation sites is 1. The molecule has 0 N–H and O–H groups in total. The molecule has 3 aromatic rings. The largest absolute Gasteiger partial charge is 0.480 e. The number of imidazole rings is 1. The van der Waals surface area contributed by atoms with Gasteiger partial charge in [-0.2, -0.15) is 5.26 Å². The zero-order chi connectivity index (χ0) is 22.2. The number of rotatable bonds is 4. The second-order valence-corrected chi connectivity index (χ2v) is 9.28. The van der Waals surface area contributed by atoms with Gasteiger partial charge in [-0.15, -0.1) is 0 Å². The van der Waals surface area contributed by atoms with E-state index < -0.39 is 0 Å². The van der Waals surface area contributed by atoms with E-state index in [0.717, 1.165) is 29.8 Å². The van der Waals surface area contributed by atoms with E-state index in [-0.39, 0.29) is 17.1 Å². The van der Waals surface area contributed by atoms with E-state index in [2.05, 4.69) is 44.9 Å². The van der Waals surface area contributed by atoms with Crippen molar-refractivity contribution in [3.63, 3.8) is 0 Å². The monoisotopic (exact) mass is 416 g/mol. The summed E-state index contributed by atoms with van der Waals surface area (Å²) in [7, 11) is 1.60. The summed E-state index contributed by atoms with van der Waals surface area (Å²) < 4.78 is 13.8. The molecule has 0 amide bonds. The number of benzene rings is 1. The van der Waals surface area contributed by atoms with E-state index >= 15 is 0 Å². The molecule has 0 saturated carbocycles. The second-order valence-electron chi connectivity index (χ2n) is 9.28. The molecule has 1 fully saturated rings. The molecular weight excluding hydrogens is 388 g/mol. The van der Waals surface area contributed by atoms with Gasteiger partial charge in [-0.05, 0) is 64.8 Å². The first-order valence-electron chi connectivity index (χ1n) is 10.5. The zero-order valence-electron chi connectivity index (χ0n) is 18.7. The molecule has 0 unspecified atom stereocenters. The third-order valence-corrected chi connectivity index (χ3v) is 5.66. The first kappa shape index (κ1) is 21.1. The standard InChI is InChI=1S/C25H28N4O2/c1-24(2)13-18(14-25(3,4)31-24)20-16-29(21-11-7-6-9-17(21)15-26)22(28-20)19-10-8-12-27-23(19)30-5/h6-12,16,18H,13-14H2,1-5H3. The number of nitriles is 1. The van der Waals surface area contributed by atoms with Crippen molar-refractivity contribution in [1.29, 1.82) is 5.26 Å². The van der Waals surface area contributed by atoms with E-state index in [4.69, 9.17) is 14.5 Å². The Kier molecular flexibility index (Phi) is 5.32. The number of aromatic nitrogens is 3. The Labute approximate surface area is 183 Å². The molecule has 0 atom stereocenters. The van der Waals surface area contributed by atoms with Gasteiger partial charge in [0.15, 0.2) is 0 Å². The van der Waals surface area contributed by atoms with Gasteiger partial charge >= 0.3 is 0 Å². The summed E-state index contributed by atoms with van der Waals surface area (Å²) in [6.45, 7) is 8.53. The molecule has 160 valence electrons. The van der Waals surface area contributed by atoms with Crippen LogP contribution in [0.5, 0.6) is 5.88 Å². The van der Waals surface area contributed by atoms with Crippen LogP contribution in [0.15, 0.2) is 48.8 Å². The van der Waals surface area contributed by atoms with Crippen molar-refractivity contribution in [3.8, 4) is 29.0 Å². The quantitative estimate of drug-likeness (QED) is 0.580. The molecule has 0 radical (unpaired) electrons. The minimum Gasteiger partial charge on any atom is -0.480 e. The van der Waals surface area contributed by atoms with Crippen LogP contribution >= 0.6 is 0 Å². The molecule has 4 rings (SSSR count). The molecular formula is C25H28N4O2. The van der Waals surface area contributed by atoms with E-state index in [1.807, 2.05) is 41.0 Å². The summed E-state index contributed by atoms with van der Waals surface area (Å²) in [4.78, 5) is 9.43. The lowest BCUT2D eigenvalue weighted by Gasteiger charge is -2.45. The number of methoxy groups -OCH3 is 1. The van der Waals surface area contributed by atoms with Crippen LogP contribution < -0.4 is 4.74 Å². The molecule has 1 saturated heterocycles. The predicted octanol–water partition coefficient (Wildman–Crippen LogP) is 5.27. The third-order valence-electron chi connectivity index (χ3n) is 5.66. The van der Waals surface area contributed by atoms with Crippen molar-refractivity contribution < 1.29 is 9.47 Å². The van der Waals surface area contributed by atoms with Gasteiger partial charge in [-0.25, -0.2) is 9.97 Å². The highest BCUT2D eigenvalue weighted by molar-refractivity contribution is 5.66. The van der Waals surface area contributed by atoms with Gasteiger partial charge in [0.05, 0.1) is 40.8 Å². The van der Waals surface area contributed by atoms with E-state index in [1.54, 1.807) is 13.3 Å². The first-order chi connectivity index (χ1) is 14.7. The number of nitrogens with zero attached hydrogens (tertiary/aromatic N) is 4. The SMILES string of the molecule is COc1ncccc1-c1nc(C2CC(C)(C)OC(C)(C)C2)cn1-c1ccccc1C#N. The van der Waals surface area contributed by atoms with Crippen LogP contribution in [0, 0.1) is 11.3 Å². The Balaban J connectivity index is 1.90. The minimum atomic E-state index is -0.243. The number of hydrogen-bond donors (Lipinski definition) is 0. The van der Waals surface area contributed by atoms with Gasteiger partial charge in [0.1, 0.15) is 11.9 Å². The lowest BCUT2D eigenvalue weighted by atomic mass is 9.79. The van der Waals surface area contributed by atoms with Crippen LogP contribution in [-0.2, 0) is 4.74 Å². The Morgan fingerprint density at radius 2 is 1.81 bits per heavy atom. The maximum Gasteiger partial charge on any atom is 0.224 e. The number of hydrogen-bond acceptors (Lipinski definition) is 5. The van der Waals surface area contributed by atoms with Gasteiger partial charge in [0, 0.05) is 18.3 Å². The molecule has 1 aliphatic rings. The van der Waals surface area contributed by atoms with Crippen LogP contribution in [0.1, 0.15) is 57.7 Å². The average molecular weight is 417 g/mol. The minimum absolute atomic E-state index is 0.232. The zero-order valence-corrected chi connectivity index (χ0v) is 18.7. The predicted molar refractivity (Wildman–Crippen MR) is 119 cm³/mol. The molecule has 1 aliphatic heterocycles. The van der Waals surface area contributed by atoms with Crippen molar-refractivity contribution in [2.75, 3.05) is 7.11 Å². The third kappa shape index (κ3) is 4.19. The van der Waals surface area contributed by atoms with Crippen LogP contribution in [0.3, 0.4) is 0 Å². The summed E-state index contributed by atoms with van der Waals surface area (Å²) in [5, 5.41) is 9.70. The maximum atomic E-state index is 9.70. The topological polar surface area (TPSA) is 73.0 Å². The lowest BCUT2D eigenvalue weighted by Crippen LogP contribution is -2.44. The van der Waals surface area contributed by atoms with Crippen LogP contribution in [-0.4, -0.2) is 32.8 Å². The summed E-state index contributed by atoms with van der Waals surface area (Å²) in [6.07, 6.45) is 5.50. The maximum absolute atomic E-state index is 9.70. The molecule has 0 aliphatic carbocycles. The van der Waals surface area contributed by atoms with Crippen LogP contribution in [0.25, 0.3) is 17.1 Å². The van der Waals surface area contributed by atoms with Crippen molar-refractivity contribution >= 4 is 0 Å². The fourth-order valence-corrected chi connectivity index (χ4v) is 4.77. The van der Waals surface area contributed by atoms with Crippen LogP contribution in [0.4, 0.5) is 0 Å². The highest BCUT2D eigenvalue weighted by Crippen LogP contribution is 2.44. The highest BCUT2D eigenvalue weighted by atomic mass is 16.5. The summed E-state index contributed by atoms with van der Waals surface area (Å²) in [5.41, 5.74) is 2.66. The van der Waals surface area contributed by atoms with Crippen molar-refractivity contribution in [1.82, 2.24) is 14.5 Å². The fraction of sp³-hybridized carbons (Fsp3) is 0.400. The summed E-state index contributed by atoms with van der Waals surface area (Å²) >= 11 is 0. The fourth-order valence-electron chi connectivity index (χ4n) is 4.77. The van der Waals surface area contributed by atoms with Gasteiger partial charge in [0.25, 0.3) is 0 Å². The van der Waals surface area contributed by atoms with Crippen molar-refractivity contribution in [2.24, 2.45) is 0 Å². The molecule has 0 bridgehead atoms. The summed E-state index contributed by atoms with van der Waals surface area (Å²) in [5.74, 6) is 1.45. The lowest BCUT2D eigenvalue weighted by molar-refractivity contribution is -0.162. The molecule has 31 heavy (non-hydrogen) atoms. The Morgan fingerprint density at radius 1 is 1.10 bits per heavy atom. The van der Waals surface area contributed by atoms with E-state index in [1.165, 1.54) is 0 Å². The van der Waals surface area contributed by atoms with E-state index in [9.17, 15) is 5.26 Å². The Morgan fingerprint density at radius 3 is 2.48 bits per heavy atom. The van der Waals surface area contributed by atoms with Gasteiger partial charge in [-0.3, -0.25) is 4.57 Å². The Bertz CT molecular complexity index is 1120. The number of ether oxygens (including phenoxy) is 2. The van der Waals surface area contributed by atoms with Crippen molar-refractivity contribution in [2.45, 2.75) is 57.7 Å². The highest BCUT2D eigenvalue weighted by Gasteiger charge is 2.41. The molecule has 0 spiro atoms. The van der Waals surface area contributed by atoms with Crippen molar-refractivity contribution in [3.05, 3.63) is 60.0 Å². The van der Waals surface area contributed by atoms with E-state index in [0.29, 0.717) is 17.3 Å². The molecule has 3 heterocycles. The normalized spacial score (nSPS) is 17.8. The molecule has 6 nitrogen and oxygen atoms in total. The molecule has 6 heteroatoms.